The van der Waals surface area contributed by atoms with Gasteiger partial charge in [-0.15, -0.1) is 11.8 Å². The van der Waals surface area contributed by atoms with E-state index in [0.29, 0.717) is 22.2 Å². The van der Waals surface area contributed by atoms with Gasteiger partial charge < -0.3 is 5.32 Å². The summed E-state index contributed by atoms with van der Waals surface area (Å²) in [5.41, 5.74) is 3.82. The zero-order valence-electron chi connectivity index (χ0n) is 21.6. The molecular formula is C30H28ClFN4O2S. The molecule has 1 aliphatic rings. The molecule has 2 amide bonds. The zero-order chi connectivity index (χ0) is 27.5. The Morgan fingerprint density at radius 1 is 1.13 bits per heavy atom. The summed E-state index contributed by atoms with van der Waals surface area (Å²) in [5, 5.41) is 8.25. The molecule has 0 aliphatic carbocycles. The predicted octanol–water partition coefficient (Wildman–Crippen LogP) is 6.42. The highest BCUT2D eigenvalue weighted by atomic mass is 35.5. The molecule has 0 bridgehead atoms. The second kappa shape index (κ2) is 11.6. The van der Waals surface area contributed by atoms with Gasteiger partial charge in [0.15, 0.2) is 0 Å². The molecule has 9 heteroatoms. The maximum absolute atomic E-state index is 13.9. The Kier molecular flexibility index (Phi) is 8.04. The van der Waals surface area contributed by atoms with Gasteiger partial charge in [-0.05, 0) is 55.3 Å². The summed E-state index contributed by atoms with van der Waals surface area (Å²) in [6.07, 6.45) is 0.767. The van der Waals surface area contributed by atoms with E-state index >= 15 is 0 Å². The topological polar surface area (TPSA) is 67.2 Å². The molecule has 4 aromatic rings. The maximum Gasteiger partial charge on any atom is 0.240 e. The van der Waals surface area contributed by atoms with Crippen LogP contribution in [0.1, 0.15) is 36.6 Å². The third-order valence-electron chi connectivity index (χ3n) is 6.68. The van der Waals surface area contributed by atoms with Crippen molar-refractivity contribution in [3.8, 4) is 16.9 Å². The lowest BCUT2D eigenvalue weighted by Crippen LogP contribution is -2.44. The second-order valence-corrected chi connectivity index (χ2v) is 11.0. The van der Waals surface area contributed by atoms with Gasteiger partial charge in [0, 0.05) is 22.2 Å². The summed E-state index contributed by atoms with van der Waals surface area (Å²) < 4.78 is 15.5. The van der Waals surface area contributed by atoms with Gasteiger partial charge in [0.25, 0.3) is 0 Å². The first-order valence-electron chi connectivity index (χ1n) is 12.8. The Morgan fingerprint density at radius 2 is 1.87 bits per heavy atom. The van der Waals surface area contributed by atoms with E-state index < -0.39 is 0 Å². The summed E-state index contributed by atoms with van der Waals surface area (Å²) in [7, 11) is 0. The summed E-state index contributed by atoms with van der Waals surface area (Å²) in [5.74, 6) is -0.218. The highest BCUT2D eigenvalue weighted by Crippen LogP contribution is 2.48. The van der Waals surface area contributed by atoms with E-state index in [1.165, 1.54) is 28.8 Å². The Hall–Kier alpha value is -3.62. The molecule has 0 unspecified atom stereocenters. The van der Waals surface area contributed by atoms with Crippen molar-refractivity contribution in [1.82, 2.24) is 15.1 Å². The minimum absolute atomic E-state index is 0.0328. The molecule has 6 nitrogen and oxygen atoms in total. The second-order valence-electron chi connectivity index (χ2n) is 9.44. The first-order chi connectivity index (χ1) is 18.9. The molecular weight excluding hydrogens is 535 g/mol. The van der Waals surface area contributed by atoms with Gasteiger partial charge in [-0.25, -0.2) is 9.07 Å². The summed E-state index contributed by atoms with van der Waals surface area (Å²) in [6, 6.07) is 23.2. The van der Waals surface area contributed by atoms with Crippen LogP contribution in [-0.4, -0.2) is 39.9 Å². The number of benzene rings is 3. The van der Waals surface area contributed by atoms with E-state index in [0.717, 1.165) is 23.1 Å². The fourth-order valence-electron chi connectivity index (χ4n) is 4.59. The zero-order valence-corrected chi connectivity index (χ0v) is 23.2. The van der Waals surface area contributed by atoms with Crippen LogP contribution in [-0.2, 0) is 9.59 Å². The van der Waals surface area contributed by atoms with Crippen molar-refractivity contribution in [3.05, 3.63) is 101 Å². The predicted molar refractivity (Wildman–Crippen MR) is 155 cm³/mol. The van der Waals surface area contributed by atoms with E-state index in [2.05, 4.69) is 5.32 Å². The average molecular weight is 563 g/mol. The number of thioether (sulfide) groups is 1. The number of aromatic nitrogens is 2. The van der Waals surface area contributed by atoms with Crippen molar-refractivity contribution < 1.29 is 14.0 Å². The van der Waals surface area contributed by atoms with Crippen molar-refractivity contribution in [3.63, 3.8) is 0 Å². The van der Waals surface area contributed by atoms with Crippen LogP contribution in [0.5, 0.6) is 0 Å². The van der Waals surface area contributed by atoms with Gasteiger partial charge in [-0.3, -0.25) is 14.5 Å². The van der Waals surface area contributed by atoms with E-state index in [1.54, 1.807) is 16.8 Å². The normalized spacial score (nSPS) is 15.9. The van der Waals surface area contributed by atoms with E-state index in [9.17, 15) is 14.0 Å². The van der Waals surface area contributed by atoms with Crippen LogP contribution in [0.4, 0.5) is 10.2 Å². The van der Waals surface area contributed by atoms with Crippen LogP contribution in [0.3, 0.4) is 0 Å². The lowest BCUT2D eigenvalue weighted by Gasteiger charge is -2.24. The molecule has 3 aromatic carbocycles. The number of hydrogen-bond donors (Lipinski definition) is 1. The number of halogens is 2. The minimum Gasteiger partial charge on any atom is -0.352 e. The molecule has 0 saturated heterocycles. The molecule has 39 heavy (non-hydrogen) atoms. The molecule has 0 saturated carbocycles. The highest BCUT2D eigenvalue weighted by molar-refractivity contribution is 8.00. The van der Waals surface area contributed by atoms with Crippen LogP contribution < -0.4 is 10.2 Å². The Balaban J connectivity index is 1.77. The largest absolute Gasteiger partial charge is 0.352 e. The van der Waals surface area contributed by atoms with Gasteiger partial charge in [0.2, 0.25) is 11.8 Å². The molecule has 0 spiro atoms. The monoisotopic (exact) mass is 562 g/mol. The van der Waals surface area contributed by atoms with Crippen molar-refractivity contribution >= 4 is 41.0 Å². The van der Waals surface area contributed by atoms with Gasteiger partial charge in [0.05, 0.1) is 22.4 Å². The average Bonchev–Trinajstić information content (AvgIpc) is 3.26. The number of carbonyl (C=O) groups excluding carboxylic acids is 2. The van der Waals surface area contributed by atoms with Crippen LogP contribution in [0.15, 0.2) is 78.9 Å². The number of fused-ring (bicyclic) bond motifs is 1. The van der Waals surface area contributed by atoms with Crippen molar-refractivity contribution in [1.29, 1.82) is 0 Å². The molecule has 0 fully saturated rings. The summed E-state index contributed by atoms with van der Waals surface area (Å²) >= 11 is 7.87. The number of hydrogen-bond acceptors (Lipinski definition) is 4. The van der Waals surface area contributed by atoms with Gasteiger partial charge in [0.1, 0.15) is 18.2 Å². The number of nitrogens with one attached hydrogen (secondary N) is 1. The third-order valence-corrected chi connectivity index (χ3v) is 8.17. The smallest absolute Gasteiger partial charge is 0.240 e. The summed E-state index contributed by atoms with van der Waals surface area (Å²) in [4.78, 5) is 28.3. The van der Waals surface area contributed by atoms with Crippen molar-refractivity contribution in [2.75, 3.05) is 17.2 Å². The highest BCUT2D eigenvalue weighted by Gasteiger charge is 2.37. The first kappa shape index (κ1) is 27.0. The van der Waals surface area contributed by atoms with Crippen LogP contribution in [0, 0.1) is 5.82 Å². The fraction of sp³-hybridized carbons (Fsp3) is 0.233. The van der Waals surface area contributed by atoms with E-state index in [-0.39, 0.29) is 41.2 Å². The molecule has 0 radical (unpaired) electrons. The molecule has 1 aliphatic heterocycles. The SMILES string of the molecule is CC[C@H](C)NC(=O)CN1C(=O)CS[C@H](c2cccc(Cl)c2)c2c(-c3ccccc3)nn(-c3ccc(F)cc3)c21. The quantitative estimate of drug-likeness (QED) is 0.282. The van der Waals surface area contributed by atoms with Crippen LogP contribution >= 0.6 is 23.4 Å². The molecule has 2 atom stereocenters. The van der Waals surface area contributed by atoms with Crippen LogP contribution in [0.2, 0.25) is 5.02 Å². The van der Waals surface area contributed by atoms with Crippen molar-refractivity contribution in [2.24, 2.45) is 0 Å². The Bertz CT molecular complexity index is 1490. The van der Waals surface area contributed by atoms with Gasteiger partial charge in [-0.1, -0.05) is 61.0 Å². The Morgan fingerprint density at radius 3 is 2.56 bits per heavy atom. The third kappa shape index (κ3) is 5.72. The molecule has 5 rings (SSSR count). The Labute approximate surface area is 236 Å². The van der Waals surface area contributed by atoms with E-state index in [4.69, 9.17) is 16.7 Å². The minimum atomic E-state index is -0.381. The number of rotatable bonds is 7. The maximum atomic E-state index is 13.9. The first-order valence-corrected chi connectivity index (χ1v) is 14.2. The number of nitrogens with zero attached hydrogens (tertiary/aromatic N) is 3. The fourth-order valence-corrected chi connectivity index (χ4v) is 5.98. The van der Waals surface area contributed by atoms with Gasteiger partial charge in [-0.2, -0.15) is 5.10 Å². The lowest BCUT2D eigenvalue weighted by molar-refractivity contribution is -0.123. The molecule has 1 N–H and O–H groups in total. The van der Waals surface area contributed by atoms with Gasteiger partial charge >= 0.3 is 0 Å². The molecule has 2 heterocycles. The van der Waals surface area contributed by atoms with Crippen LogP contribution in [0.25, 0.3) is 16.9 Å². The van der Waals surface area contributed by atoms with Crippen molar-refractivity contribution in [2.45, 2.75) is 31.6 Å². The summed E-state index contributed by atoms with van der Waals surface area (Å²) in [6.45, 7) is 3.75. The lowest BCUT2D eigenvalue weighted by atomic mass is 9.99. The number of carbonyl (C=O) groups is 2. The number of anilines is 1. The molecule has 200 valence electrons. The molecule has 1 aromatic heterocycles. The number of amides is 2. The standard InChI is InChI=1S/C30H28ClFN4O2S/c1-3-19(2)33-25(37)17-35-26(38)18-39-29(21-10-7-11-22(31)16-21)27-28(20-8-5-4-6-9-20)34-36(30(27)35)24-14-12-23(32)13-15-24/h4-16,19,29H,3,17-18H2,1-2H3,(H,33,37)/t19-,29+/m0/s1. The van der Waals surface area contributed by atoms with E-state index in [1.807, 2.05) is 68.4 Å².